The first kappa shape index (κ1) is 21.1. The predicted molar refractivity (Wildman–Crippen MR) is 126 cm³/mol. The van der Waals surface area contributed by atoms with E-state index < -0.39 is 0 Å². The van der Waals surface area contributed by atoms with E-state index in [9.17, 15) is 9.59 Å². The van der Waals surface area contributed by atoms with Crippen LogP contribution in [0.15, 0.2) is 64.4 Å². The van der Waals surface area contributed by atoms with Gasteiger partial charge in [0, 0.05) is 6.54 Å². The quantitative estimate of drug-likeness (QED) is 0.259. The van der Waals surface area contributed by atoms with Gasteiger partial charge in [-0.2, -0.15) is 5.10 Å². The number of amides is 1. The second-order valence-electron chi connectivity index (χ2n) is 6.87. The molecule has 0 aliphatic carbocycles. The minimum atomic E-state index is -0.186. The predicted octanol–water partition coefficient (Wildman–Crippen LogP) is 4.18. The van der Waals surface area contributed by atoms with Crippen LogP contribution in [0, 0.1) is 13.8 Å². The van der Waals surface area contributed by atoms with Crippen molar-refractivity contribution in [3.8, 4) is 5.69 Å². The van der Waals surface area contributed by atoms with E-state index in [1.54, 1.807) is 16.7 Å². The van der Waals surface area contributed by atoms with Crippen molar-refractivity contribution in [2.24, 2.45) is 0 Å². The van der Waals surface area contributed by atoms with Gasteiger partial charge in [0.1, 0.15) is 4.83 Å². The monoisotopic (exact) mass is 451 g/mol. The molecule has 31 heavy (non-hydrogen) atoms. The molecule has 0 saturated carbocycles. The van der Waals surface area contributed by atoms with Gasteiger partial charge in [-0.25, -0.2) is 9.67 Å². The molecule has 4 aromatic rings. The number of anilines is 1. The Kier molecular flexibility index (Phi) is 6.06. The fourth-order valence-electron chi connectivity index (χ4n) is 3.28. The molecule has 3 heterocycles. The first-order valence-corrected chi connectivity index (χ1v) is 11.5. The van der Waals surface area contributed by atoms with Gasteiger partial charge in [-0.1, -0.05) is 36.0 Å². The number of aryl methyl sites for hydroxylation is 1. The number of benzene rings is 1. The number of thiophene rings is 1. The van der Waals surface area contributed by atoms with Crippen molar-refractivity contribution in [2.75, 3.05) is 11.1 Å². The second-order valence-corrected chi connectivity index (χ2v) is 8.71. The third-order valence-electron chi connectivity index (χ3n) is 4.75. The van der Waals surface area contributed by atoms with Gasteiger partial charge in [0.15, 0.2) is 5.16 Å². The van der Waals surface area contributed by atoms with E-state index in [2.05, 4.69) is 22.0 Å². The molecule has 0 aliphatic rings. The third-order valence-corrected chi connectivity index (χ3v) is 6.53. The number of thioether (sulfide) groups is 1. The summed E-state index contributed by atoms with van der Waals surface area (Å²) in [6, 6.07) is 11.5. The molecule has 0 radical (unpaired) electrons. The summed E-state index contributed by atoms with van der Waals surface area (Å²) in [6.07, 6.45) is 1.65. The Hall–Kier alpha value is -3.17. The van der Waals surface area contributed by atoms with Crippen molar-refractivity contribution in [1.82, 2.24) is 19.3 Å². The summed E-state index contributed by atoms with van der Waals surface area (Å²) in [7, 11) is 0. The van der Waals surface area contributed by atoms with Crippen molar-refractivity contribution in [1.29, 1.82) is 0 Å². The molecule has 0 atom stereocenters. The number of fused-ring (bicyclic) bond motifs is 1. The molecule has 3 aromatic heterocycles. The maximum Gasteiger partial charge on any atom is 0.263 e. The average Bonchev–Trinajstić information content (AvgIpc) is 3.35. The zero-order valence-electron chi connectivity index (χ0n) is 17.2. The molecule has 4 rings (SSSR count). The van der Waals surface area contributed by atoms with Crippen LogP contribution >= 0.6 is 23.1 Å². The highest BCUT2D eigenvalue weighted by atomic mass is 32.2. The van der Waals surface area contributed by atoms with E-state index in [4.69, 9.17) is 0 Å². The Morgan fingerprint density at radius 1 is 1.26 bits per heavy atom. The fraction of sp³-hybridized carbons (Fsp3) is 0.182. The van der Waals surface area contributed by atoms with Crippen molar-refractivity contribution < 1.29 is 4.79 Å². The number of allylic oxidation sites excluding steroid dienone is 1. The van der Waals surface area contributed by atoms with Crippen LogP contribution in [0.4, 0.5) is 5.69 Å². The SMILES string of the molecule is C=CCn1c(SCC(=O)Nc2c(C)nn(-c3ccccc3)c2C)nc2sccc2c1=O. The van der Waals surface area contributed by atoms with Gasteiger partial charge >= 0.3 is 0 Å². The number of aromatic nitrogens is 4. The normalized spacial score (nSPS) is 11.0. The van der Waals surface area contributed by atoms with Gasteiger partial charge < -0.3 is 5.32 Å². The van der Waals surface area contributed by atoms with Crippen LogP contribution in [0.1, 0.15) is 11.4 Å². The molecular weight excluding hydrogens is 430 g/mol. The topological polar surface area (TPSA) is 81.8 Å². The van der Waals surface area contributed by atoms with Gasteiger partial charge in [0.2, 0.25) is 5.91 Å². The Morgan fingerprint density at radius 3 is 2.77 bits per heavy atom. The zero-order valence-corrected chi connectivity index (χ0v) is 18.8. The number of hydrogen-bond donors (Lipinski definition) is 1. The molecule has 0 unspecified atom stereocenters. The lowest BCUT2D eigenvalue weighted by atomic mass is 10.3. The Labute approximate surface area is 187 Å². The Balaban J connectivity index is 1.53. The molecule has 1 N–H and O–H groups in total. The number of carbonyl (C=O) groups is 1. The van der Waals surface area contributed by atoms with E-state index in [0.29, 0.717) is 27.6 Å². The second kappa shape index (κ2) is 8.91. The Morgan fingerprint density at radius 2 is 2.03 bits per heavy atom. The third kappa shape index (κ3) is 4.19. The maximum atomic E-state index is 12.7. The van der Waals surface area contributed by atoms with Gasteiger partial charge in [-0.05, 0) is 37.4 Å². The number of para-hydroxylation sites is 1. The number of rotatable bonds is 7. The first-order chi connectivity index (χ1) is 15.0. The van der Waals surface area contributed by atoms with Crippen LogP contribution in [0.2, 0.25) is 0 Å². The summed E-state index contributed by atoms with van der Waals surface area (Å²) in [5, 5.41) is 10.4. The molecule has 0 aliphatic heterocycles. The molecule has 7 nitrogen and oxygen atoms in total. The number of hydrogen-bond acceptors (Lipinski definition) is 6. The van der Waals surface area contributed by atoms with Crippen molar-refractivity contribution >= 4 is 44.9 Å². The van der Waals surface area contributed by atoms with Gasteiger partial charge in [0.25, 0.3) is 5.56 Å². The standard InChI is InChI=1S/C22H21N5O2S2/c1-4-11-26-21(29)17-10-12-30-20(17)24-22(26)31-13-18(28)23-19-14(2)25-27(15(19)3)16-8-6-5-7-9-16/h4-10,12H,1,11,13H2,2-3H3,(H,23,28). The largest absolute Gasteiger partial charge is 0.322 e. The molecular formula is C22H21N5O2S2. The summed E-state index contributed by atoms with van der Waals surface area (Å²) >= 11 is 2.64. The van der Waals surface area contributed by atoms with E-state index in [0.717, 1.165) is 17.1 Å². The van der Waals surface area contributed by atoms with Gasteiger partial charge in [0.05, 0.1) is 33.9 Å². The van der Waals surface area contributed by atoms with Gasteiger partial charge in [-0.15, -0.1) is 17.9 Å². The van der Waals surface area contributed by atoms with Crippen LogP contribution in [-0.2, 0) is 11.3 Å². The molecule has 0 fully saturated rings. The minimum Gasteiger partial charge on any atom is -0.322 e. The number of nitrogens with one attached hydrogen (secondary N) is 1. The lowest BCUT2D eigenvalue weighted by Crippen LogP contribution is -2.23. The summed E-state index contributed by atoms with van der Waals surface area (Å²) in [4.78, 5) is 30.7. The van der Waals surface area contributed by atoms with Crippen molar-refractivity contribution in [2.45, 2.75) is 25.5 Å². The minimum absolute atomic E-state index is 0.120. The smallest absolute Gasteiger partial charge is 0.263 e. The van der Waals surface area contributed by atoms with Crippen LogP contribution in [-0.4, -0.2) is 31.0 Å². The summed E-state index contributed by atoms with van der Waals surface area (Å²) in [6.45, 7) is 7.84. The summed E-state index contributed by atoms with van der Waals surface area (Å²) in [5.41, 5.74) is 3.09. The van der Waals surface area contributed by atoms with Gasteiger partial charge in [-0.3, -0.25) is 14.2 Å². The summed E-state index contributed by atoms with van der Waals surface area (Å²) in [5.74, 6) is -0.0648. The van der Waals surface area contributed by atoms with E-state index in [1.807, 2.05) is 54.2 Å². The van der Waals surface area contributed by atoms with Crippen molar-refractivity contribution in [3.63, 3.8) is 0 Å². The fourth-order valence-corrected chi connectivity index (χ4v) is 4.89. The van der Waals surface area contributed by atoms with Crippen LogP contribution in [0.5, 0.6) is 0 Å². The van der Waals surface area contributed by atoms with Crippen molar-refractivity contribution in [3.05, 3.63) is 76.2 Å². The molecule has 9 heteroatoms. The average molecular weight is 452 g/mol. The number of carbonyl (C=O) groups excluding carboxylic acids is 1. The molecule has 0 saturated heterocycles. The maximum absolute atomic E-state index is 12.7. The van der Waals surface area contributed by atoms with E-state index >= 15 is 0 Å². The first-order valence-electron chi connectivity index (χ1n) is 9.63. The Bertz CT molecular complexity index is 1320. The van der Waals surface area contributed by atoms with Crippen LogP contribution in [0.3, 0.4) is 0 Å². The molecule has 0 spiro atoms. The highest BCUT2D eigenvalue weighted by molar-refractivity contribution is 7.99. The van der Waals surface area contributed by atoms with E-state index in [1.165, 1.54) is 23.1 Å². The molecule has 1 aromatic carbocycles. The highest BCUT2D eigenvalue weighted by Gasteiger charge is 2.17. The molecule has 1 amide bonds. The van der Waals surface area contributed by atoms with Crippen LogP contribution < -0.4 is 10.9 Å². The molecule has 158 valence electrons. The highest BCUT2D eigenvalue weighted by Crippen LogP contribution is 2.24. The van der Waals surface area contributed by atoms with Crippen LogP contribution in [0.25, 0.3) is 15.9 Å². The number of nitrogens with zero attached hydrogens (tertiary/aromatic N) is 4. The lowest BCUT2D eigenvalue weighted by Gasteiger charge is -2.10. The molecule has 0 bridgehead atoms. The zero-order chi connectivity index (χ0) is 22.0. The lowest BCUT2D eigenvalue weighted by molar-refractivity contribution is -0.113. The van der Waals surface area contributed by atoms with E-state index in [-0.39, 0.29) is 17.2 Å². The summed E-state index contributed by atoms with van der Waals surface area (Å²) < 4.78 is 3.36.